The van der Waals surface area contributed by atoms with Gasteiger partial charge in [-0.15, -0.1) is 22.8 Å². The van der Waals surface area contributed by atoms with Crippen LogP contribution in [0.2, 0.25) is 0 Å². The number of rotatable bonds is 4. The van der Waals surface area contributed by atoms with Crippen LogP contribution in [0, 0.1) is 0 Å². The first-order valence-electron chi connectivity index (χ1n) is 5.57. The molecular weight excluding hydrogens is 248 g/mol. The van der Waals surface area contributed by atoms with E-state index in [0.29, 0.717) is 18.5 Å². The first-order valence-corrected chi connectivity index (χ1v) is 6.01. The van der Waals surface area contributed by atoms with Crippen LogP contribution in [0.25, 0.3) is 0 Å². The van der Waals surface area contributed by atoms with Gasteiger partial charge >= 0.3 is 0 Å². The topological polar surface area (TPSA) is 59.8 Å². The zero-order chi connectivity index (χ0) is 13.0. The van der Waals surface area contributed by atoms with Crippen LogP contribution < -0.4 is 5.32 Å². The lowest BCUT2D eigenvalue weighted by Crippen LogP contribution is -2.26. The Bertz CT molecular complexity index is 535. The third kappa shape index (κ3) is 3.10. The van der Waals surface area contributed by atoms with E-state index in [4.69, 9.17) is 0 Å². The zero-order valence-electron chi connectivity index (χ0n) is 10.00. The highest BCUT2D eigenvalue weighted by atomic mass is 32.1. The first-order chi connectivity index (χ1) is 8.66. The van der Waals surface area contributed by atoms with Gasteiger partial charge in [-0.2, -0.15) is 0 Å². The summed E-state index contributed by atoms with van der Waals surface area (Å²) in [7, 11) is 1.88. The van der Waals surface area contributed by atoms with Gasteiger partial charge in [0.2, 0.25) is 0 Å². The van der Waals surface area contributed by atoms with E-state index in [-0.39, 0.29) is 5.91 Å². The molecule has 1 heterocycles. The maximum atomic E-state index is 11.8. The molecule has 94 valence electrons. The number of nitrogens with zero attached hydrogens (tertiary/aromatic N) is 3. The summed E-state index contributed by atoms with van der Waals surface area (Å²) in [5.74, 6) is 0.756. The fourth-order valence-corrected chi connectivity index (χ4v) is 1.69. The summed E-state index contributed by atoms with van der Waals surface area (Å²) < 4.78 is 1.84. The molecule has 1 amide bonds. The van der Waals surface area contributed by atoms with Crippen LogP contribution in [-0.4, -0.2) is 27.2 Å². The number of carbonyl (C=O) groups excluding carboxylic acids is 1. The van der Waals surface area contributed by atoms with Crippen LogP contribution in [0.4, 0.5) is 0 Å². The average Bonchev–Trinajstić information content (AvgIpc) is 2.76. The number of hydrogen-bond acceptors (Lipinski definition) is 4. The highest BCUT2D eigenvalue weighted by molar-refractivity contribution is 7.80. The Kier molecular flexibility index (Phi) is 3.99. The Balaban J connectivity index is 1.85. The number of thiol groups is 1. The summed E-state index contributed by atoms with van der Waals surface area (Å²) >= 11 is 4.17. The van der Waals surface area contributed by atoms with E-state index < -0.39 is 0 Å². The summed E-state index contributed by atoms with van der Waals surface area (Å²) in [6.45, 7) is 0.536. The molecular formula is C12H14N4OS. The van der Waals surface area contributed by atoms with Crippen molar-refractivity contribution in [2.45, 2.75) is 11.3 Å². The monoisotopic (exact) mass is 262 g/mol. The Hall–Kier alpha value is -1.82. The van der Waals surface area contributed by atoms with E-state index in [0.717, 1.165) is 10.7 Å². The Morgan fingerprint density at radius 3 is 2.72 bits per heavy atom. The lowest BCUT2D eigenvalue weighted by molar-refractivity contribution is 0.0954. The highest BCUT2D eigenvalue weighted by Gasteiger charge is 2.05. The molecule has 0 radical (unpaired) electrons. The quantitative estimate of drug-likeness (QED) is 0.811. The van der Waals surface area contributed by atoms with Gasteiger partial charge in [0.25, 0.3) is 5.91 Å². The van der Waals surface area contributed by atoms with Crippen molar-refractivity contribution in [3.8, 4) is 0 Å². The molecule has 0 saturated carbocycles. The summed E-state index contributed by atoms with van der Waals surface area (Å²) in [5, 5.41) is 10.6. The van der Waals surface area contributed by atoms with Crippen LogP contribution in [0.5, 0.6) is 0 Å². The van der Waals surface area contributed by atoms with E-state index in [1.165, 1.54) is 0 Å². The molecule has 1 N–H and O–H groups in total. The van der Waals surface area contributed by atoms with E-state index in [9.17, 15) is 4.79 Å². The fourth-order valence-electron chi connectivity index (χ4n) is 1.54. The van der Waals surface area contributed by atoms with Crippen LogP contribution >= 0.6 is 12.6 Å². The van der Waals surface area contributed by atoms with Gasteiger partial charge in [-0.1, -0.05) is 0 Å². The summed E-state index contributed by atoms with van der Waals surface area (Å²) in [6.07, 6.45) is 2.30. The number of benzene rings is 1. The van der Waals surface area contributed by atoms with Gasteiger partial charge < -0.3 is 9.88 Å². The SMILES string of the molecule is Cn1cnnc1CCNC(=O)c1ccc(S)cc1. The van der Waals surface area contributed by atoms with E-state index in [2.05, 4.69) is 28.1 Å². The van der Waals surface area contributed by atoms with Crippen LogP contribution in [0.3, 0.4) is 0 Å². The van der Waals surface area contributed by atoms with Gasteiger partial charge in [-0.3, -0.25) is 4.79 Å². The minimum absolute atomic E-state index is 0.0921. The van der Waals surface area contributed by atoms with Gasteiger partial charge in [-0.25, -0.2) is 0 Å². The van der Waals surface area contributed by atoms with Gasteiger partial charge in [0, 0.05) is 30.5 Å². The number of hydrogen-bond donors (Lipinski definition) is 2. The number of aromatic nitrogens is 3. The zero-order valence-corrected chi connectivity index (χ0v) is 10.9. The number of amides is 1. The Morgan fingerprint density at radius 2 is 2.11 bits per heavy atom. The maximum absolute atomic E-state index is 11.8. The lowest BCUT2D eigenvalue weighted by atomic mass is 10.2. The van der Waals surface area contributed by atoms with Crippen molar-refractivity contribution in [3.05, 3.63) is 42.0 Å². The van der Waals surface area contributed by atoms with Crippen molar-refractivity contribution >= 4 is 18.5 Å². The molecule has 0 aliphatic heterocycles. The smallest absolute Gasteiger partial charge is 0.251 e. The van der Waals surface area contributed by atoms with Crippen LogP contribution in [0.1, 0.15) is 16.2 Å². The normalized spacial score (nSPS) is 10.3. The summed E-state index contributed by atoms with van der Waals surface area (Å²) in [6, 6.07) is 7.08. The third-order valence-electron chi connectivity index (χ3n) is 2.57. The molecule has 6 heteroatoms. The highest BCUT2D eigenvalue weighted by Crippen LogP contribution is 2.07. The molecule has 1 aromatic carbocycles. The molecule has 2 aromatic rings. The number of carbonyl (C=O) groups is 1. The van der Waals surface area contributed by atoms with Gasteiger partial charge in [0.1, 0.15) is 12.2 Å². The van der Waals surface area contributed by atoms with Crippen LogP contribution in [-0.2, 0) is 13.5 Å². The predicted molar refractivity (Wildman–Crippen MR) is 70.7 cm³/mol. The van der Waals surface area contributed by atoms with Crippen molar-refractivity contribution in [2.24, 2.45) is 7.05 Å². The molecule has 0 bridgehead atoms. The van der Waals surface area contributed by atoms with Crippen molar-refractivity contribution in [3.63, 3.8) is 0 Å². The molecule has 0 spiro atoms. The second-order valence-corrected chi connectivity index (χ2v) is 4.43. The summed E-state index contributed by atoms with van der Waals surface area (Å²) in [5.41, 5.74) is 0.630. The largest absolute Gasteiger partial charge is 0.352 e. The Labute approximate surface area is 111 Å². The van der Waals surface area contributed by atoms with Crippen molar-refractivity contribution in [1.82, 2.24) is 20.1 Å². The van der Waals surface area contributed by atoms with Gasteiger partial charge in [0.05, 0.1) is 0 Å². The van der Waals surface area contributed by atoms with Crippen molar-refractivity contribution in [1.29, 1.82) is 0 Å². The standard InChI is InChI=1S/C12H14N4OS/c1-16-8-14-15-11(16)6-7-13-12(17)9-2-4-10(18)5-3-9/h2-5,8,18H,6-7H2,1H3,(H,13,17). The van der Waals surface area contributed by atoms with Crippen LogP contribution in [0.15, 0.2) is 35.5 Å². The minimum atomic E-state index is -0.0921. The molecule has 0 aliphatic carbocycles. The Morgan fingerprint density at radius 1 is 1.39 bits per heavy atom. The summed E-state index contributed by atoms with van der Waals surface area (Å²) in [4.78, 5) is 12.6. The maximum Gasteiger partial charge on any atom is 0.251 e. The molecule has 1 aromatic heterocycles. The minimum Gasteiger partial charge on any atom is -0.352 e. The second kappa shape index (κ2) is 5.68. The van der Waals surface area contributed by atoms with E-state index in [1.54, 1.807) is 30.6 Å². The molecule has 0 fully saturated rings. The van der Waals surface area contributed by atoms with E-state index >= 15 is 0 Å². The number of nitrogens with one attached hydrogen (secondary N) is 1. The van der Waals surface area contributed by atoms with E-state index in [1.807, 2.05) is 11.6 Å². The average molecular weight is 262 g/mol. The first kappa shape index (κ1) is 12.6. The third-order valence-corrected chi connectivity index (χ3v) is 2.87. The van der Waals surface area contributed by atoms with Crippen molar-refractivity contribution < 1.29 is 4.79 Å². The molecule has 0 saturated heterocycles. The molecule has 0 atom stereocenters. The predicted octanol–water partition coefficient (Wildman–Crippen LogP) is 1.08. The molecule has 18 heavy (non-hydrogen) atoms. The molecule has 0 unspecified atom stereocenters. The molecule has 2 rings (SSSR count). The molecule has 5 nitrogen and oxygen atoms in total. The van der Waals surface area contributed by atoms with Crippen molar-refractivity contribution in [2.75, 3.05) is 6.54 Å². The van der Waals surface area contributed by atoms with Gasteiger partial charge in [-0.05, 0) is 24.3 Å². The number of aryl methyl sites for hydroxylation is 1. The fraction of sp³-hybridized carbons (Fsp3) is 0.250. The second-order valence-electron chi connectivity index (χ2n) is 3.91. The molecule has 0 aliphatic rings. The lowest BCUT2D eigenvalue weighted by Gasteiger charge is -2.05. The van der Waals surface area contributed by atoms with Gasteiger partial charge in [0.15, 0.2) is 0 Å².